The van der Waals surface area contributed by atoms with E-state index in [0.29, 0.717) is 39.1 Å². The van der Waals surface area contributed by atoms with Crippen LogP contribution in [0.1, 0.15) is 36.8 Å². The van der Waals surface area contributed by atoms with Gasteiger partial charge >= 0.3 is 0 Å². The van der Waals surface area contributed by atoms with Crippen molar-refractivity contribution in [3.8, 4) is 22.4 Å². The van der Waals surface area contributed by atoms with E-state index in [1.807, 2.05) is 24.3 Å². The Bertz CT molecular complexity index is 1840. The van der Waals surface area contributed by atoms with Crippen LogP contribution in [0, 0.1) is 0 Å². The highest BCUT2D eigenvalue weighted by Gasteiger charge is 2.33. The second-order valence-corrected chi connectivity index (χ2v) is 10.7. The summed E-state index contributed by atoms with van der Waals surface area (Å²) >= 11 is 12.2. The molecule has 0 fully saturated rings. The first-order chi connectivity index (χ1) is 19.2. The molecule has 0 bridgehead atoms. The molecule has 0 aliphatic carbocycles. The number of anilines is 2. The summed E-state index contributed by atoms with van der Waals surface area (Å²) in [5.41, 5.74) is 10.7. The van der Waals surface area contributed by atoms with Crippen molar-refractivity contribution in [1.29, 1.82) is 0 Å². The number of halogens is 2. The van der Waals surface area contributed by atoms with Crippen molar-refractivity contribution < 1.29 is 4.52 Å². The van der Waals surface area contributed by atoms with Gasteiger partial charge in [-0.1, -0.05) is 41.3 Å². The van der Waals surface area contributed by atoms with Gasteiger partial charge in [0, 0.05) is 35.0 Å². The molecule has 2 atom stereocenters. The highest BCUT2D eigenvalue weighted by atomic mass is 35.5. The van der Waals surface area contributed by atoms with E-state index in [4.69, 9.17) is 39.3 Å². The number of aromatic nitrogens is 4. The molecule has 12 heteroatoms. The fourth-order valence-corrected chi connectivity index (χ4v) is 5.65. The number of pyridine rings is 1. The molecule has 204 valence electrons. The van der Waals surface area contributed by atoms with Crippen LogP contribution in [0.25, 0.3) is 33.4 Å². The zero-order chi connectivity index (χ0) is 28.1. The minimum absolute atomic E-state index is 0.0233. The predicted molar refractivity (Wildman–Crippen MR) is 158 cm³/mol. The van der Waals surface area contributed by atoms with E-state index in [0.717, 1.165) is 28.8 Å². The molecule has 0 amide bonds. The van der Waals surface area contributed by atoms with E-state index < -0.39 is 0 Å². The highest BCUT2D eigenvalue weighted by Crippen LogP contribution is 2.41. The molecular weight excluding hydrogens is 551 g/mol. The van der Waals surface area contributed by atoms with E-state index in [-0.39, 0.29) is 22.7 Å². The van der Waals surface area contributed by atoms with Crippen molar-refractivity contribution in [2.75, 3.05) is 17.4 Å². The molecule has 1 aliphatic heterocycles. The molecule has 0 radical (unpaired) electrons. The summed E-state index contributed by atoms with van der Waals surface area (Å²) in [4.78, 5) is 21.7. The number of hydrazine groups is 1. The zero-order valence-electron chi connectivity index (χ0n) is 21.7. The Kier molecular flexibility index (Phi) is 6.53. The maximum Gasteiger partial charge on any atom is 0.252 e. The smallest absolute Gasteiger partial charge is 0.252 e. The molecular formula is C28H26Cl2N8O2. The summed E-state index contributed by atoms with van der Waals surface area (Å²) in [5.74, 6) is 7.69. The van der Waals surface area contributed by atoms with Crippen molar-refractivity contribution >= 4 is 45.7 Å². The summed E-state index contributed by atoms with van der Waals surface area (Å²) in [5, 5.41) is 9.80. The van der Waals surface area contributed by atoms with Crippen molar-refractivity contribution in [2.24, 2.45) is 11.6 Å². The fraction of sp³-hybridized carbons (Fsp3) is 0.179. The summed E-state index contributed by atoms with van der Waals surface area (Å²) < 4.78 is 7.26. The fourth-order valence-electron chi connectivity index (χ4n) is 5.37. The third-order valence-electron chi connectivity index (χ3n) is 7.23. The number of benzene rings is 2. The number of fused-ring (bicyclic) bond motifs is 2. The van der Waals surface area contributed by atoms with E-state index in [2.05, 4.69) is 27.4 Å². The normalized spacial score (nSPS) is 16.9. The average Bonchev–Trinajstić information content (AvgIpc) is 3.65. The van der Waals surface area contributed by atoms with Crippen LogP contribution < -0.4 is 27.5 Å². The van der Waals surface area contributed by atoms with Crippen LogP contribution in [0.2, 0.25) is 5.02 Å². The molecule has 0 saturated heterocycles. The number of aromatic amines is 1. The number of imidazole rings is 1. The zero-order valence-corrected chi connectivity index (χ0v) is 23.2. The largest absolute Gasteiger partial charge is 0.388 e. The Morgan fingerprint density at radius 3 is 2.83 bits per heavy atom. The number of hydrogen-bond donors (Lipinski definition) is 4. The van der Waals surface area contributed by atoms with Crippen LogP contribution in [-0.2, 0) is 0 Å². The maximum atomic E-state index is 13.6. The van der Waals surface area contributed by atoms with Crippen molar-refractivity contribution in [1.82, 2.24) is 19.7 Å². The highest BCUT2D eigenvalue weighted by molar-refractivity contribution is 6.31. The van der Waals surface area contributed by atoms with E-state index >= 15 is 0 Å². The lowest BCUT2D eigenvalue weighted by Crippen LogP contribution is -2.26. The standard InChI is InChI=1S/C28H26Cl2N8O2/c1-14-7-23(28-34-12-20(35-28)15-3-5-18-24(9-15)40-36-27(18)33-2)38-22(14)8-16(10-26(38)39)19-11-17(29)4-6-21(19)37(32)13-25(30)31/h3-6,8-14,23H,7,31-32H2,1-2H3,(H,33,36)(H,34,35)/b25-13-/t14-,23?/m1/s1. The predicted octanol–water partition coefficient (Wildman–Crippen LogP) is 5.51. The molecule has 0 spiro atoms. The Balaban J connectivity index is 1.37. The van der Waals surface area contributed by atoms with Crippen LogP contribution in [0.5, 0.6) is 0 Å². The van der Waals surface area contributed by atoms with Crippen LogP contribution >= 0.6 is 23.2 Å². The van der Waals surface area contributed by atoms with Gasteiger partial charge in [-0.05, 0) is 54.3 Å². The molecule has 6 rings (SSSR count). The SMILES string of the molecule is CNc1noc2cc(-c3cnc(C4C[C@@H](C)c5cc(-c6cc(Cl)ccc6N(N)/C=C(\N)Cl)cc(=O)n54)[nH]3)ccc12. The third kappa shape index (κ3) is 4.49. The van der Waals surface area contributed by atoms with Gasteiger partial charge in [0.25, 0.3) is 5.56 Å². The second-order valence-electron chi connectivity index (χ2n) is 9.79. The number of rotatable bonds is 6. The van der Waals surface area contributed by atoms with Crippen LogP contribution in [-0.4, -0.2) is 26.7 Å². The van der Waals surface area contributed by atoms with Gasteiger partial charge < -0.3 is 25.1 Å². The number of nitrogens with two attached hydrogens (primary N) is 2. The van der Waals surface area contributed by atoms with Gasteiger partial charge in [0.1, 0.15) is 11.0 Å². The van der Waals surface area contributed by atoms with Gasteiger partial charge in [0.05, 0.1) is 35.2 Å². The summed E-state index contributed by atoms with van der Waals surface area (Å²) in [7, 11) is 1.80. The van der Waals surface area contributed by atoms with E-state index in [9.17, 15) is 4.79 Å². The van der Waals surface area contributed by atoms with Gasteiger partial charge in [-0.15, -0.1) is 0 Å². The summed E-state index contributed by atoms with van der Waals surface area (Å²) in [6.45, 7) is 2.10. The molecule has 3 aromatic heterocycles. The number of nitrogens with zero attached hydrogens (tertiary/aromatic N) is 4. The molecule has 40 heavy (non-hydrogen) atoms. The first kappa shape index (κ1) is 26.0. The van der Waals surface area contributed by atoms with Gasteiger partial charge in [0.15, 0.2) is 11.4 Å². The van der Waals surface area contributed by atoms with Crippen molar-refractivity contribution in [2.45, 2.75) is 25.3 Å². The van der Waals surface area contributed by atoms with E-state index in [1.54, 1.807) is 42.1 Å². The molecule has 5 aromatic rings. The average molecular weight is 577 g/mol. The molecule has 10 nitrogen and oxygen atoms in total. The first-order valence-corrected chi connectivity index (χ1v) is 13.3. The number of hydrogen-bond acceptors (Lipinski definition) is 8. The molecule has 0 saturated carbocycles. The second kappa shape index (κ2) is 10.1. The topological polar surface area (TPSA) is 144 Å². The minimum Gasteiger partial charge on any atom is -0.388 e. The molecule has 1 unspecified atom stereocenters. The molecule has 1 aliphatic rings. The molecule has 2 aromatic carbocycles. The van der Waals surface area contributed by atoms with Gasteiger partial charge in [-0.2, -0.15) is 0 Å². The Morgan fingerprint density at radius 2 is 2.05 bits per heavy atom. The van der Waals surface area contributed by atoms with E-state index in [1.165, 1.54) is 11.2 Å². The van der Waals surface area contributed by atoms with Crippen LogP contribution in [0.4, 0.5) is 11.5 Å². The minimum atomic E-state index is -0.242. The first-order valence-electron chi connectivity index (χ1n) is 12.6. The van der Waals surface area contributed by atoms with Crippen molar-refractivity contribution in [3.63, 3.8) is 0 Å². The summed E-state index contributed by atoms with van der Waals surface area (Å²) in [6.07, 6.45) is 3.88. The molecule has 4 heterocycles. The van der Waals surface area contributed by atoms with Crippen molar-refractivity contribution in [3.05, 3.63) is 93.0 Å². The lowest BCUT2D eigenvalue weighted by Gasteiger charge is -2.20. The third-order valence-corrected chi connectivity index (χ3v) is 7.57. The van der Waals surface area contributed by atoms with Crippen LogP contribution in [0.3, 0.4) is 0 Å². The summed E-state index contributed by atoms with van der Waals surface area (Å²) in [6, 6.07) is 14.4. The monoisotopic (exact) mass is 576 g/mol. The Hall–Kier alpha value is -4.25. The number of nitrogens with one attached hydrogen (secondary N) is 2. The Morgan fingerprint density at radius 1 is 1.23 bits per heavy atom. The lowest BCUT2D eigenvalue weighted by molar-refractivity contribution is 0.460. The quantitative estimate of drug-likeness (QED) is 0.117. The number of H-pyrrole nitrogens is 1. The van der Waals surface area contributed by atoms with Crippen LogP contribution in [0.15, 0.2) is 75.4 Å². The lowest BCUT2D eigenvalue weighted by atomic mass is 9.99. The van der Waals surface area contributed by atoms with Gasteiger partial charge in [-0.25, -0.2) is 10.8 Å². The maximum absolute atomic E-state index is 13.6. The molecule has 6 N–H and O–H groups in total. The van der Waals surface area contributed by atoms with Gasteiger partial charge in [-0.3, -0.25) is 9.80 Å². The Labute approximate surface area is 239 Å². The van der Waals surface area contributed by atoms with Gasteiger partial charge in [0.2, 0.25) is 0 Å².